The first kappa shape index (κ1) is 13.6. The van der Waals surface area contributed by atoms with E-state index >= 15 is 0 Å². The van der Waals surface area contributed by atoms with Crippen LogP contribution in [-0.2, 0) is 17.6 Å². The molecular weight excluding hydrogens is 267 g/mol. The molecule has 2 aromatic carbocycles. The van der Waals surface area contributed by atoms with E-state index in [1.165, 1.54) is 6.07 Å². The Morgan fingerprint density at radius 3 is 2.86 bits per heavy atom. The molecule has 1 amide bonds. The third-order valence-corrected chi connectivity index (χ3v) is 3.83. The molecule has 0 saturated carbocycles. The summed E-state index contributed by atoms with van der Waals surface area (Å²) in [6, 6.07) is 12.0. The number of halogens is 1. The van der Waals surface area contributed by atoms with E-state index in [1.54, 1.807) is 23.1 Å². The second-order valence-corrected chi connectivity index (χ2v) is 5.31. The van der Waals surface area contributed by atoms with Gasteiger partial charge in [0.2, 0.25) is 5.91 Å². The van der Waals surface area contributed by atoms with Crippen molar-refractivity contribution in [1.29, 1.82) is 0 Å². The van der Waals surface area contributed by atoms with Crippen LogP contribution in [0.2, 0.25) is 0 Å². The fourth-order valence-electron chi connectivity index (χ4n) is 2.75. The normalized spacial score (nSPS) is 13.9. The first-order valence-corrected chi connectivity index (χ1v) is 7.07. The molecule has 2 aromatic rings. The number of rotatable bonds is 2. The topological polar surface area (TPSA) is 46.3 Å². The van der Waals surface area contributed by atoms with Gasteiger partial charge in [0.05, 0.1) is 6.42 Å². The molecule has 0 unspecified atom stereocenters. The van der Waals surface area contributed by atoms with E-state index in [-0.39, 0.29) is 18.1 Å². The smallest absolute Gasteiger partial charge is 0.231 e. The Morgan fingerprint density at radius 2 is 2.05 bits per heavy atom. The van der Waals surface area contributed by atoms with Gasteiger partial charge in [0.25, 0.3) is 0 Å². The third kappa shape index (κ3) is 2.75. The van der Waals surface area contributed by atoms with Crippen molar-refractivity contribution >= 4 is 17.3 Å². The molecule has 108 valence electrons. The van der Waals surface area contributed by atoms with Gasteiger partial charge in [-0.25, -0.2) is 4.39 Å². The predicted octanol–water partition coefficient (Wildman–Crippen LogP) is 2.93. The summed E-state index contributed by atoms with van der Waals surface area (Å²) in [6.07, 6.45) is 1.93. The molecule has 0 aromatic heterocycles. The highest BCUT2D eigenvalue weighted by Crippen LogP contribution is 2.29. The Kier molecular flexibility index (Phi) is 3.60. The number of nitrogens with two attached hydrogens (primary N) is 1. The van der Waals surface area contributed by atoms with Crippen LogP contribution in [0.15, 0.2) is 42.5 Å². The van der Waals surface area contributed by atoms with Crippen LogP contribution in [0.25, 0.3) is 0 Å². The van der Waals surface area contributed by atoms with Gasteiger partial charge in [-0.3, -0.25) is 4.79 Å². The molecule has 1 aliphatic heterocycles. The minimum absolute atomic E-state index is 0.0703. The largest absolute Gasteiger partial charge is 0.399 e. The number of hydrogen-bond acceptors (Lipinski definition) is 2. The molecule has 21 heavy (non-hydrogen) atoms. The Morgan fingerprint density at radius 1 is 1.24 bits per heavy atom. The number of hydrogen-bond donors (Lipinski definition) is 1. The Hall–Kier alpha value is -2.36. The Bertz CT molecular complexity index is 684. The number of benzene rings is 2. The first-order valence-electron chi connectivity index (χ1n) is 7.07. The number of amides is 1. The van der Waals surface area contributed by atoms with Crippen LogP contribution in [0, 0.1) is 5.82 Å². The standard InChI is InChI=1S/C17H17FN2O/c18-15-6-2-1-4-13(15)10-17(21)20-9-3-5-12-7-8-14(19)11-16(12)20/h1-2,4,6-8,11H,3,5,9-10,19H2. The summed E-state index contributed by atoms with van der Waals surface area (Å²) in [5.41, 5.74) is 8.88. The zero-order valence-corrected chi connectivity index (χ0v) is 11.7. The van der Waals surface area contributed by atoms with Crippen LogP contribution in [0.3, 0.4) is 0 Å². The molecule has 1 heterocycles. The molecule has 1 aliphatic rings. The monoisotopic (exact) mass is 284 g/mol. The summed E-state index contributed by atoms with van der Waals surface area (Å²) >= 11 is 0. The lowest BCUT2D eigenvalue weighted by Gasteiger charge is -2.30. The molecule has 0 atom stereocenters. The second kappa shape index (κ2) is 5.56. The van der Waals surface area contributed by atoms with Gasteiger partial charge < -0.3 is 10.6 Å². The van der Waals surface area contributed by atoms with E-state index in [9.17, 15) is 9.18 Å². The van der Waals surface area contributed by atoms with Gasteiger partial charge in [0.1, 0.15) is 5.82 Å². The molecule has 0 aliphatic carbocycles. The Balaban J connectivity index is 1.87. The minimum atomic E-state index is -0.337. The lowest BCUT2D eigenvalue weighted by molar-refractivity contribution is -0.118. The maximum atomic E-state index is 13.7. The van der Waals surface area contributed by atoms with Gasteiger partial charge >= 0.3 is 0 Å². The molecule has 4 heteroatoms. The lowest BCUT2D eigenvalue weighted by atomic mass is 10.00. The van der Waals surface area contributed by atoms with Gasteiger partial charge in [0.15, 0.2) is 0 Å². The second-order valence-electron chi connectivity index (χ2n) is 5.31. The fourth-order valence-corrected chi connectivity index (χ4v) is 2.75. The van der Waals surface area contributed by atoms with Crippen LogP contribution in [0.4, 0.5) is 15.8 Å². The van der Waals surface area contributed by atoms with Crippen molar-refractivity contribution < 1.29 is 9.18 Å². The van der Waals surface area contributed by atoms with Gasteiger partial charge in [0, 0.05) is 17.9 Å². The summed E-state index contributed by atoms with van der Waals surface area (Å²) in [6.45, 7) is 0.656. The summed E-state index contributed by atoms with van der Waals surface area (Å²) in [5.74, 6) is -0.428. The van der Waals surface area contributed by atoms with Crippen molar-refractivity contribution in [2.24, 2.45) is 0 Å². The van der Waals surface area contributed by atoms with Gasteiger partial charge in [-0.05, 0) is 42.2 Å². The van der Waals surface area contributed by atoms with Crippen molar-refractivity contribution in [2.75, 3.05) is 17.2 Å². The maximum absolute atomic E-state index is 13.7. The maximum Gasteiger partial charge on any atom is 0.231 e. The molecule has 3 rings (SSSR count). The summed E-state index contributed by atoms with van der Waals surface area (Å²) in [4.78, 5) is 14.2. The van der Waals surface area contributed by atoms with Crippen LogP contribution < -0.4 is 10.6 Å². The lowest BCUT2D eigenvalue weighted by Crippen LogP contribution is -2.36. The van der Waals surface area contributed by atoms with E-state index in [0.717, 1.165) is 24.1 Å². The van der Waals surface area contributed by atoms with Crippen LogP contribution >= 0.6 is 0 Å². The van der Waals surface area contributed by atoms with Crippen molar-refractivity contribution in [1.82, 2.24) is 0 Å². The van der Waals surface area contributed by atoms with Crippen molar-refractivity contribution in [3.8, 4) is 0 Å². The van der Waals surface area contributed by atoms with E-state index in [1.807, 2.05) is 18.2 Å². The minimum Gasteiger partial charge on any atom is -0.399 e. The van der Waals surface area contributed by atoms with E-state index in [0.29, 0.717) is 17.8 Å². The molecule has 0 spiro atoms. The number of carbonyl (C=O) groups is 1. The molecular formula is C17H17FN2O. The first-order chi connectivity index (χ1) is 10.1. The van der Waals surface area contributed by atoms with Gasteiger partial charge in [-0.2, -0.15) is 0 Å². The molecule has 0 fully saturated rings. The zero-order valence-electron chi connectivity index (χ0n) is 11.7. The summed E-state index contributed by atoms with van der Waals surface area (Å²) in [5, 5.41) is 0. The fraction of sp³-hybridized carbons (Fsp3) is 0.235. The number of carbonyl (C=O) groups excluding carboxylic acids is 1. The quantitative estimate of drug-likeness (QED) is 0.862. The highest BCUT2D eigenvalue weighted by atomic mass is 19.1. The van der Waals surface area contributed by atoms with Crippen LogP contribution in [-0.4, -0.2) is 12.5 Å². The van der Waals surface area contributed by atoms with Crippen molar-refractivity contribution in [3.05, 3.63) is 59.4 Å². The number of nitrogen functional groups attached to an aromatic ring is 1. The zero-order chi connectivity index (χ0) is 14.8. The molecule has 0 saturated heterocycles. The predicted molar refractivity (Wildman–Crippen MR) is 81.6 cm³/mol. The third-order valence-electron chi connectivity index (χ3n) is 3.83. The molecule has 2 N–H and O–H groups in total. The van der Waals surface area contributed by atoms with Crippen LogP contribution in [0.1, 0.15) is 17.5 Å². The van der Waals surface area contributed by atoms with Crippen molar-refractivity contribution in [2.45, 2.75) is 19.3 Å². The number of fused-ring (bicyclic) bond motifs is 1. The van der Waals surface area contributed by atoms with Crippen LogP contribution in [0.5, 0.6) is 0 Å². The van der Waals surface area contributed by atoms with E-state index in [2.05, 4.69) is 0 Å². The average Bonchev–Trinajstić information content (AvgIpc) is 2.49. The van der Waals surface area contributed by atoms with Gasteiger partial charge in [-0.15, -0.1) is 0 Å². The number of anilines is 2. The van der Waals surface area contributed by atoms with Crippen molar-refractivity contribution in [3.63, 3.8) is 0 Å². The highest BCUT2D eigenvalue weighted by molar-refractivity contribution is 5.96. The summed E-state index contributed by atoms with van der Waals surface area (Å²) < 4.78 is 13.7. The highest BCUT2D eigenvalue weighted by Gasteiger charge is 2.23. The number of aryl methyl sites for hydroxylation is 1. The Labute approximate surface area is 123 Å². The summed E-state index contributed by atoms with van der Waals surface area (Å²) in [7, 11) is 0. The van der Waals surface area contributed by atoms with Gasteiger partial charge in [-0.1, -0.05) is 24.3 Å². The van der Waals surface area contributed by atoms with E-state index < -0.39 is 0 Å². The number of nitrogens with zero attached hydrogens (tertiary/aromatic N) is 1. The van der Waals surface area contributed by atoms with E-state index in [4.69, 9.17) is 5.73 Å². The molecule has 0 bridgehead atoms. The SMILES string of the molecule is Nc1ccc2c(c1)N(C(=O)Cc1ccccc1F)CCC2. The average molecular weight is 284 g/mol. The molecule has 3 nitrogen and oxygen atoms in total. The molecule has 0 radical (unpaired) electrons.